The smallest absolute Gasteiger partial charge is 0.264 e. The second-order valence-corrected chi connectivity index (χ2v) is 8.33. The van der Waals surface area contributed by atoms with E-state index >= 15 is 0 Å². The van der Waals surface area contributed by atoms with Gasteiger partial charge in [0, 0.05) is 18.7 Å². The van der Waals surface area contributed by atoms with Gasteiger partial charge < -0.3 is 10.1 Å². The fraction of sp³-hybridized carbons (Fsp3) is 0.350. The molecule has 0 aliphatic carbocycles. The van der Waals surface area contributed by atoms with Crippen molar-refractivity contribution in [1.29, 1.82) is 0 Å². The minimum absolute atomic E-state index is 0.0620. The van der Waals surface area contributed by atoms with Crippen molar-refractivity contribution in [3.05, 3.63) is 54.1 Å². The molecule has 0 aliphatic heterocycles. The van der Waals surface area contributed by atoms with Crippen LogP contribution in [0.15, 0.2) is 53.4 Å². The first kappa shape index (κ1) is 20.8. The number of carbonyl (C=O) groups is 1. The van der Waals surface area contributed by atoms with Crippen LogP contribution in [0.2, 0.25) is 0 Å². The van der Waals surface area contributed by atoms with Crippen LogP contribution in [0.3, 0.4) is 0 Å². The fourth-order valence-corrected chi connectivity index (χ4v) is 3.89. The number of ether oxygens (including phenoxy) is 1. The quantitative estimate of drug-likeness (QED) is 0.749. The lowest BCUT2D eigenvalue weighted by Gasteiger charge is -2.20. The summed E-state index contributed by atoms with van der Waals surface area (Å²) in [5.41, 5.74) is 0.842. The van der Waals surface area contributed by atoms with Gasteiger partial charge >= 0.3 is 0 Å². The van der Waals surface area contributed by atoms with Gasteiger partial charge in [-0.25, -0.2) is 8.42 Å². The maximum Gasteiger partial charge on any atom is 0.264 e. The highest BCUT2D eigenvalue weighted by Crippen LogP contribution is 2.24. The number of anilines is 1. The molecule has 7 heteroatoms. The Morgan fingerprint density at radius 1 is 1.19 bits per heavy atom. The first-order valence-corrected chi connectivity index (χ1v) is 10.3. The molecule has 1 N–H and O–H groups in total. The van der Waals surface area contributed by atoms with Gasteiger partial charge in [-0.1, -0.05) is 19.4 Å². The van der Waals surface area contributed by atoms with Crippen LogP contribution < -0.4 is 14.4 Å². The third-order valence-electron chi connectivity index (χ3n) is 4.29. The standard InChI is InChI=1S/C20H26N2O4S/c1-5-7-15(2)21-20(23)16-8-6-9-17(14-16)22(3)27(24,25)19-12-10-18(26-4)11-13-19/h6,8-15H,5,7H2,1-4H3,(H,21,23). The molecule has 1 atom stereocenters. The van der Waals surface area contributed by atoms with Gasteiger partial charge in [-0.15, -0.1) is 0 Å². The molecule has 0 spiro atoms. The number of nitrogens with zero attached hydrogens (tertiary/aromatic N) is 1. The van der Waals surface area contributed by atoms with Crippen molar-refractivity contribution < 1.29 is 17.9 Å². The minimum atomic E-state index is -3.75. The minimum Gasteiger partial charge on any atom is -0.497 e. The maximum absolute atomic E-state index is 12.9. The highest BCUT2D eigenvalue weighted by Gasteiger charge is 2.22. The summed E-state index contributed by atoms with van der Waals surface area (Å²) in [4.78, 5) is 12.6. The average Bonchev–Trinajstić information content (AvgIpc) is 2.67. The van der Waals surface area contributed by atoms with Crippen molar-refractivity contribution in [2.24, 2.45) is 0 Å². The molecule has 1 amide bonds. The molecule has 2 aromatic carbocycles. The molecular weight excluding hydrogens is 364 g/mol. The Kier molecular flexibility index (Phi) is 6.85. The first-order valence-electron chi connectivity index (χ1n) is 8.83. The summed E-state index contributed by atoms with van der Waals surface area (Å²) in [5, 5.41) is 2.93. The Hall–Kier alpha value is -2.54. The van der Waals surface area contributed by atoms with E-state index < -0.39 is 10.0 Å². The van der Waals surface area contributed by atoms with Gasteiger partial charge in [0.15, 0.2) is 0 Å². The number of sulfonamides is 1. The van der Waals surface area contributed by atoms with Crippen molar-refractivity contribution >= 4 is 21.6 Å². The van der Waals surface area contributed by atoms with Crippen LogP contribution in [0.5, 0.6) is 5.75 Å². The molecule has 0 bridgehead atoms. The summed E-state index contributed by atoms with van der Waals surface area (Å²) in [6.07, 6.45) is 1.86. The molecule has 0 saturated heterocycles. The van der Waals surface area contributed by atoms with Crippen LogP contribution in [-0.4, -0.2) is 34.5 Å². The number of nitrogens with one attached hydrogen (secondary N) is 1. The fourth-order valence-electron chi connectivity index (χ4n) is 2.70. The van der Waals surface area contributed by atoms with E-state index in [1.54, 1.807) is 36.4 Å². The number of hydrogen-bond donors (Lipinski definition) is 1. The summed E-state index contributed by atoms with van der Waals surface area (Å²) in [6, 6.07) is 12.8. The van der Waals surface area contributed by atoms with E-state index in [2.05, 4.69) is 12.2 Å². The summed E-state index contributed by atoms with van der Waals surface area (Å²) in [5.74, 6) is 0.365. The molecule has 0 saturated carbocycles. The highest BCUT2D eigenvalue weighted by atomic mass is 32.2. The second-order valence-electron chi connectivity index (χ2n) is 6.36. The van der Waals surface area contributed by atoms with E-state index in [0.29, 0.717) is 17.0 Å². The van der Waals surface area contributed by atoms with Crippen LogP contribution in [0.4, 0.5) is 5.69 Å². The van der Waals surface area contributed by atoms with E-state index in [1.807, 2.05) is 6.92 Å². The normalized spacial score (nSPS) is 12.3. The zero-order chi connectivity index (χ0) is 20.0. The SMILES string of the molecule is CCCC(C)NC(=O)c1cccc(N(C)S(=O)(=O)c2ccc(OC)cc2)c1. The van der Waals surface area contributed by atoms with Gasteiger partial charge in [-0.2, -0.15) is 0 Å². The number of hydrogen-bond acceptors (Lipinski definition) is 4. The molecule has 0 fully saturated rings. The molecule has 0 aliphatic rings. The summed E-state index contributed by atoms with van der Waals surface area (Å²) in [6.45, 7) is 4.01. The molecule has 0 aromatic heterocycles. The van der Waals surface area contributed by atoms with Crippen molar-refractivity contribution in [2.45, 2.75) is 37.6 Å². The number of amides is 1. The van der Waals surface area contributed by atoms with Crippen LogP contribution >= 0.6 is 0 Å². The molecule has 0 radical (unpaired) electrons. The van der Waals surface area contributed by atoms with Crippen LogP contribution in [0.25, 0.3) is 0 Å². The van der Waals surface area contributed by atoms with E-state index in [9.17, 15) is 13.2 Å². The lowest BCUT2D eigenvalue weighted by Crippen LogP contribution is -2.32. The van der Waals surface area contributed by atoms with Crippen LogP contribution in [0.1, 0.15) is 37.0 Å². The average molecular weight is 391 g/mol. The van der Waals surface area contributed by atoms with E-state index in [4.69, 9.17) is 4.74 Å². The topological polar surface area (TPSA) is 75.7 Å². The molecule has 2 rings (SSSR count). The van der Waals surface area contributed by atoms with Crippen LogP contribution in [-0.2, 0) is 10.0 Å². The molecule has 6 nitrogen and oxygen atoms in total. The number of rotatable bonds is 8. The Morgan fingerprint density at radius 3 is 2.44 bits per heavy atom. The van der Waals surface area contributed by atoms with Gasteiger partial charge in [0.05, 0.1) is 17.7 Å². The van der Waals surface area contributed by atoms with Crippen molar-refractivity contribution in [3.8, 4) is 5.75 Å². The molecule has 146 valence electrons. The molecule has 1 unspecified atom stereocenters. The van der Waals surface area contributed by atoms with Crippen LogP contribution in [0, 0.1) is 0 Å². The second kappa shape index (κ2) is 8.90. The third-order valence-corrected chi connectivity index (χ3v) is 6.09. The molecule has 0 heterocycles. The number of carbonyl (C=O) groups excluding carboxylic acids is 1. The molecule has 2 aromatic rings. The van der Waals surface area contributed by atoms with Crippen molar-refractivity contribution in [1.82, 2.24) is 5.32 Å². The zero-order valence-electron chi connectivity index (χ0n) is 16.1. The lowest BCUT2D eigenvalue weighted by molar-refractivity contribution is 0.0938. The van der Waals surface area contributed by atoms with Gasteiger partial charge in [0.25, 0.3) is 15.9 Å². The van der Waals surface area contributed by atoms with Crippen molar-refractivity contribution in [3.63, 3.8) is 0 Å². The third kappa shape index (κ3) is 5.01. The van der Waals surface area contributed by atoms with Gasteiger partial charge in [-0.3, -0.25) is 9.10 Å². The zero-order valence-corrected chi connectivity index (χ0v) is 16.9. The van der Waals surface area contributed by atoms with Gasteiger partial charge in [0.1, 0.15) is 5.75 Å². The summed E-state index contributed by atoms with van der Waals surface area (Å²) >= 11 is 0. The van der Waals surface area contributed by atoms with E-state index in [0.717, 1.165) is 12.8 Å². The number of methoxy groups -OCH3 is 1. The molecular formula is C20H26N2O4S. The Morgan fingerprint density at radius 2 is 1.85 bits per heavy atom. The van der Waals surface area contributed by atoms with Gasteiger partial charge in [0.2, 0.25) is 0 Å². The highest BCUT2D eigenvalue weighted by molar-refractivity contribution is 7.92. The first-order chi connectivity index (χ1) is 12.8. The number of benzene rings is 2. The predicted molar refractivity (Wildman–Crippen MR) is 107 cm³/mol. The Balaban J connectivity index is 2.25. The summed E-state index contributed by atoms with van der Waals surface area (Å²) in [7, 11) is -0.755. The maximum atomic E-state index is 12.9. The van der Waals surface area contributed by atoms with E-state index in [-0.39, 0.29) is 16.8 Å². The van der Waals surface area contributed by atoms with Gasteiger partial charge in [-0.05, 0) is 55.8 Å². The summed E-state index contributed by atoms with van der Waals surface area (Å²) < 4.78 is 32.0. The Labute approximate surface area is 161 Å². The largest absolute Gasteiger partial charge is 0.497 e. The molecule has 27 heavy (non-hydrogen) atoms. The lowest BCUT2D eigenvalue weighted by atomic mass is 10.1. The monoisotopic (exact) mass is 390 g/mol. The van der Waals surface area contributed by atoms with E-state index in [1.165, 1.54) is 30.6 Å². The van der Waals surface area contributed by atoms with Crippen molar-refractivity contribution in [2.75, 3.05) is 18.5 Å². The Bertz CT molecular complexity index is 879. The predicted octanol–water partition coefficient (Wildman–Crippen LogP) is 3.44.